The van der Waals surface area contributed by atoms with Crippen molar-refractivity contribution < 1.29 is 0 Å². The highest BCUT2D eigenvalue weighted by atomic mass is 35.5. The van der Waals surface area contributed by atoms with E-state index in [9.17, 15) is 0 Å². The van der Waals surface area contributed by atoms with Gasteiger partial charge in [0.25, 0.3) is 0 Å². The summed E-state index contributed by atoms with van der Waals surface area (Å²) in [5.41, 5.74) is 3.63. The highest BCUT2D eigenvalue weighted by molar-refractivity contribution is 6.30. The molecule has 0 aliphatic rings. The van der Waals surface area contributed by atoms with Crippen LogP contribution in [0.25, 0.3) is 10.9 Å². The summed E-state index contributed by atoms with van der Waals surface area (Å²) in [6.07, 6.45) is 2.83. The average Bonchev–Trinajstić information content (AvgIpc) is 2.53. The lowest BCUT2D eigenvalue weighted by Crippen LogP contribution is -2.16. The lowest BCUT2D eigenvalue weighted by atomic mass is 10.1. The average molecular weight is 297 g/mol. The van der Waals surface area contributed by atoms with Crippen LogP contribution in [0.2, 0.25) is 5.02 Å². The maximum atomic E-state index is 5.88. The molecule has 0 saturated heterocycles. The van der Waals surface area contributed by atoms with E-state index in [0.717, 1.165) is 30.0 Å². The van der Waals surface area contributed by atoms with Crippen molar-refractivity contribution in [2.24, 2.45) is 0 Å². The molecule has 1 aromatic heterocycles. The molecule has 2 nitrogen and oxygen atoms in total. The summed E-state index contributed by atoms with van der Waals surface area (Å²) in [7, 11) is 0. The predicted molar refractivity (Wildman–Crippen MR) is 88.6 cm³/mol. The van der Waals surface area contributed by atoms with Gasteiger partial charge in [-0.2, -0.15) is 0 Å². The number of halogens is 1. The monoisotopic (exact) mass is 296 g/mol. The second-order valence-corrected chi connectivity index (χ2v) is 5.52. The number of nitrogens with zero attached hydrogens (tertiary/aromatic N) is 1. The van der Waals surface area contributed by atoms with Crippen LogP contribution in [0.1, 0.15) is 11.1 Å². The molecule has 21 heavy (non-hydrogen) atoms. The van der Waals surface area contributed by atoms with Gasteiger partial charge in [-0.1, -0.05) is 35.9 Å². The number of pyridine rings is 1. The van der Waals surface area contributed by atoms with Gasteiger partial charge in [0.1, 0.15) is 0 Å². The van der Waals surface area contributed by atoms with Crippen LogP contribution in [0.4, 0.5) is 0 Å². The van der Waals surface area contributed by atoms with Crippen LogP contribution >= 0.6 is 11.6 Å². The lowest BCUT2D eigenvalue weighted by Gasteiger charge is -2.06. The zero-order valence-electron chi connectivity index (χ0n) is 11.7. The van der Waals surface area contributed by atoms with Gasteiger partial charge in [0, 0.05) is 23.2 Å². The minimum Gasteiger partial charge on any atom is -0.312 e. The normalized spacial score (nSPS) is 10.9. The molecule has 3 aromatic rings. The van der Waals surface area contributed by atoms with Crippen molar-refractivity contribution in [2.45, 2.75) is 13.0 Å². The van der Waals surface area contributed by atoms with E-state index in [-0.39, 0.29) is 0 Å². The molecule has 0 aliphatic carbocycles. The summed E-state index contributed by atoms with van der Waals surface area (Å²) < 4.78 is 0. The Labute approximate surface area is 129 Å². The van der Waals surface area contributed by atoms with Crippen molar-refractivity contribution in [2.75, 3.05) is 6.54 Å². The summed E-state index contributed by atoms with van der Waals surface area (Å²) in [5.74, 6) is 0. The Hall–Kier alpha value is -1.90. The van der Waals surface area contributed by atoms with Crippen LogP contribution in [-0.4, -0.2) is 11.5 Å². The van der Waals surface area contributed by atoms with Crippen LogP contribution in [0.3, 0.4) is 0 Å². The van der Waals surface area contributed by atoms with E-state index in [1.807, 2.05) is 24.4 Å². The van der Waals surface area contributed by atoms with Gasteiger partial charge in [-0.05, 0) is 54.4 Å². The molecule has 0 aliphatic heterocycles. The molecule has 1 N–H and O–H groups in total. The Kier molecular flexibility index (Phi) is 4.49. The minimum absolute atomic E-state index is 0.788. The van der Waals surface area contributed by atoms with Crippen LogP contribution in [0.5, 0.6) is 0 Å². The third-order valence-corrected chi connectivity index (χ3v) is 3.75. The quantitative estimate of drug-likeness (QED) is 0.713. The molecule has 0 saturated carbocycles. The van der Waals surface area contributed by atoms with Gasteiger partial charge in [-0.3, -0.25) is 4.98 Å². The third kappa shape index (κ3) is 3.81. The topological polar surface area (TPSA) is 24.9 Å². The van der Waals surface area contributed by atoms with E-state index in [1.54, 1.807) is 0 Å². The van der Waals surface area contributed by atoms with Crippen molar-refractivity contribution in [1.82, 2.24) is 10.3 Å². The second-order valence-electron chi connectivity index (χ2n) is 5.08. The highest BCUT2D eigenvalue weighted by Crippen LogP contribution is 2.13. The summed E-state index contributed by atoms with van der Waals surface area (Å²) in [4.78, 5) is 4.33. The number of aromatic nitrogens is 1. The first kappa shape index (κ1) is 14.1. The van der Waals surface area contributed by atoms with E-state index in [2.05, 4.69) is 46.7 Å². The van der Waals surface area contributed by atoms with Crippen LogP contribution < -0.4 is 5.32 Å². The van der Waals surface area contributed by atoms with E-state index < -0.39 is 0 Å². The maximum absolute atomic E-state index is 5.88. The first-order chi connectivity index (χ1) is 10.3. The Bertz CT molecular complexity index is 723. The van der Waals surface area contributed by atoms with Crippen LogP contribution in [-0.2, 0) is 13.0 Å². The molecule has 3 rings (SSSR count). The number of hydrogen-bond donors (Lipinski definition) is 1. The number of fused-ring (bicyclic) bond motifs is 1. The van der Waals surface area contributed by atoms with Gasteiger partial charge in [0.15, 0.2) is 0 Å². The molecule has 3 heteroatoms. The van der Waals surface area contributed by atoms with Crippen molar-refractivity contribution in [3.05, 3.63) is 76.9 Å². The Morgan fingerprint density at radius 2 is 1.76 bits per heavy atom. The Balaban J connectivity index is 1.53. The van der Waals surface area contributed by atoms with Crippen molar-refractivity contribution in [3.8, 4) is 0 Å². The molecule has 1 heterocycles. The van der Waals surface area contributed by atoms with E-state index >= 15 is 0 Å². The van der Waals surface area contributed by atoms with Crippen molar-refractivity contribution >= 4 is 22.5 Å². The molecular formula is C18H17ClN2. The standard InChI is InChI=1S/C18H17ClN2/c19-17-6-3-14(4-7-17)9-11-20-13-15-5-8-18-16(12-15)2-1-10-21-18/h1-8,10,12,20H,9,11,13H2. The van der Waals surface area contributed by atoms with Gasteiger partial charge >= 0.3 is 0 Å². The molecule has 0 atom stereocenters. The second kappa shape index (κ2) is 6.70. The van der Waals surface area contributed by atoms with Gasteiger partial charge in [-0.25, -0.2) is 0 Å². The maximum Gasteiger partial charge on any atom is 0.0702 e. The molecule has 106 valence electrons. The smallest absolute Gasteiger partial charge is 0.0702 e. The van der Waals surface area contributed by atoms with Crippen LogP contribution in [0.15, 0.2) is 60.8 Å². The number of rotatable bonds is 5. The molecule has 0 spiro atoms. The fourth-order valence-electron chi connectivity index (χ4n) is 2.35. The number of nitrogens with one attached hydrogen (secondary N) is 1. The molecule has 0 fully saturated rings. The molecule has 2 aromatic carbocycles. The Morgan fingerprint density at radius 3 is 2.62 bits per heavy atom. The summed E-state index contributed by atoms with van der Waals surface area (Å²) in [6, 6.07) is 18.5. The fourth-order valence-corrected chi connectivity index (χ4v) is 2.48. The first-order valence-electron chi connectivity index (χ1n) is 7.10. The van der Waals surface area contributed by atoms with Crippen molar-refractivity contribution in [1.29, 1.82) is 0 Å². The van der Waals surface area contributed by atoms with Gasteiger partial charge in [-0.15, -0.1) is 0 Å². The minimum atomic E-state index is 0.788. The largest absolute Gasteiger partial charge is 0.312 e. The van der Waals surface area contributed by atoms with Crippen molar-refractivity contribution in [3.63, 3.8) is 0 Å². The molecule has 0 amide bonds. The van der Waals surface area contributed by atoms with Gasteiger partial charge in [0.05, 0.1) is 5.52 Å². The van der Waals surface area contributed by atoms with E-state index in [4.69, 9.17) is 11.6 Å². The predicted octanol–water partition coefficient (Wildman–Crippen LogP) is 4.22. The summed E-state index contributed by atoms with van der Waals surface area (Å²) in [5, 5.41) is 5.45. The number of benzene rings is 2. The Morgan fingerprint density at radius 1 is 0.952 bits per heavy atom. The lowest BCUT2D eigenvalue weighted by molar-refractivity contribution is 0.687. The first-order valence-corrected chi connectivity index (χ1v) is 7.48. The zero-order valence-corrected chi connectivity index (χ0v) is 12.5. The van der Waals surface area contributed by atoms with Crippen LogP contribution in [0, 0.1) is 0 Å². The summed E-state index contributed by atoms with van der Waals surface area (Å²) >= 11 is 5.88. The highest BCUT2D eigenvalue weighted by Gasteiger charge is 1.98. The molecular weight excluding hydrogens is 280 g/mol. The fraction of sp³-hybridized carbons (Fsp3) is 0.167. The number of hydrogen-bond acceptors (Lipinski definition) is 2. The molecule has 0 bridgehead atoms. The molecule has 0 unspecified atom stereocenters. The third-order valence-electron chi connectivity index (χ3n) is 3.50. The van der Waals surface area contributed by atoms with E-state index in [1.165, 1.54) is 16.5 Å². The SMILES string of the molecule is Clc1ccc(CCNCc2ccc3ncccc3c2)cc1. The van der Waals surface area contributed by atoms with Gasteiger partial charge < -0.3 is 5.32 Å². The zero-order chi connectivity index (χ0) is 14.5. The van der Waals surface area contributed by atoms with E-state index in [0.29, 0.717) is 0 Å². The summed E-state index contributed by atoms with van der Waals surface area (Å²) in [6.45, 7) is 1.82. The molecule has 0 radical (unpaired) electrons. The van der Waals surface area contributed by atoms with Gasteiger partial charge in [0.2, 0.25) is 0 Å².